The van der Waals surface area contributed by atoms with Gasteiger partial charge in [0.25, 0.3) is 15.9 Å². The van der Waals surface area contributed by atoms with Crippen molar-refractivity contribution in [2.45, 2.75) is 48.8 Å². The molecule has 0 radical (unpaired) electrons. The summed E-state index contributed by atoms with van der Waals surface area (Å²) in [7, 11) is -0.481. The predicted octanol–water partition coefficient (Wildman–Crippen LogP) is 4.05. The van der Waals surface area contributed by atoms with Gasteiger partial charge in [0.1, 0.15) is 11.5 Å². The Labute approximate surface area is 246 Å². The highest BCUT2D eigenvalue weighted by Crippen LogP contribution is 2.59. The normalized spacial score (nSPS) is 17.9. The average Bonchev–Trinajstić information content (AvgIpc) is 3.34. The number of aliphatic hydroxyl groups is 1. The van der Waals surface area contributed by atoms with Gasteiger partial charge in [0.15, 0.2) is 16.5 Å². The molecule has 226 valence electrons. The number of amides is 1. The molecule has 1 aromatic heterocycles. The second-order valence-corrected chi connectivity index (χ2v) is 12.8. The molecule has 2 aliphatic heterocycles. The lowest BCUT2D eigenvalue weighted by atomic mass is 9.79. The van der Waals surface area contributed by atoms with Crippen LogP contribution in [0.2, 0.25) is 0 Å². The Morgan fingerprint density at radius 1 is 1.02 bits per heavy atom. The number of aliphatic hydroxyl groups excluding tert-OH is 1. The maximum atomic E-state index is 13.8. The number of nitrogens with zero attached hydrogens (tertiary/aromatic N) is 3. The first kappa shape index (κ1) is 28.4. The van der Waals surface area contributed by atoms with Crippen molar-refractivity contribution < 1.29 is 33.7 Å². The number of aromatic nitrogens is 1. The largest absolute Gasteiger partial charge is 0.495 e. The first-order valence-electron chi connectivity index (χ1n) is 14.2. The van der Waals surface area contributed by atoms with Crippen LogP contribution in [-0.2, 0) is 21.9 Å². The number of carbonyl (C=O) groups excluding carboxylic acids is 1. The van der Waals surface area contributed by atoms with Gasteiger partial charge in [-0.3, -0.25) is 9.52 Å². The average molecular weight is 599 g/mol. The van der Waals surface area contributed by atoms with Crippen molar-refractivity contribution in [2.24, 2.45) is 0 Å². The molecule has 1 spiro atoms. The van der Waals surface area contributed by atoms with E-state index in [1.807, 2.05) is 0 Å². The summed E-state index contributed by atoms with van der Waals surface area (Å²) in [6.45, 7) is 3.41. The molecule has 0 unspecified atom stereocenters. The number of rotatable bonds is 7. The molecular weight excluding hydrogens is 560 g/mol. The number of ether oxygens (including phenoxy) is 2. The molecule has 3 aromatic rings. The van der Waals surface area contributed by atoms with Gasteiger partial charge in [0.05, 0.1) is 14.2 Å². The van der Waals surface area contributed by atoms with Crippen molar-refractivity contribution in [3.8, 4) is 22.8 Å². The molecule has 4 aliphatic rings. The van der Waals surface area contributed by atoms with Crippen molar-refractivity contribution in [3.05, 3.63) is 47.0 Å². The zero-order chi connectivity index (χ0) is 29.6. The van der Waals surface area contributed by atoms with E-state index in [1.54, 1.807) is 4.90 Å². The van der Waals surface area contributed by atoms with E-state index in [4.69, 9.17) is 19.1 Å². The van der Waals surface area contributed by atoms with Crippen molar-refractivity contribution in [1.82, 2.24) is 10.1 Å². The van der Waals surface area contributed by atoms with E-state index < -0.39 is 10.0 Å². The fourth-order valence-corrected chi connectivity index (χ4v) is 7.63. The lowest BCUT2D eigenvalue weighted by Crippen LogP contribution is -2.37. The summed E-state index contributed by atoms with van der Waals surface area (Å²) in [4.78, 5) is 16.9. The van der Waals surface area contributed by atoms with E-state index >= 15 is 0 Å². The Kier molecular flexibility index (Phi) is 7.30. The first-order valence-corrected chi connectivity index (χ1v) is 15.7. The van der Waals surface area contributed by atoms with Crippen LogP contribution in [0.15, 0.2) is 39.8 Å². The van der Waals surface area contributed by atoms with Crippen molar-refractivity contribution in [3.63, 3.8) is 0 Å². The van der Waals surface area contributed by atoms with Gasteiger partial charge < -0.3 is 28.9 Å². The van der Waals surface area contributed by atoms with Crippen molar-refractivity contribution in [2.75, 3.05) is 57.1 Å². The molecule has 2 N–H and O–H groups in total. The second kappa shape index (κ2) is 10.8. The summed E-state index contributed by atoms with van der Waals surface area (Å²) in [5.41, 5.74) is 4.43. The number of nitrogens with one attached hydrogen (secondary N) is 1. The number of methoxy groups -OCH3 is 2. The number of likely N-dealkylation sites (tertiary alicyclic amines) is 1. The zero-order valence-electron chi connectivity index (χ0n) is 24.1. The van der Waals surface area contributed by atoms with E-state index in [9.17, 15) is 13.2 Å². The van der Waals surface area contributed by atoms with Crippen LogP contribution in [0.25, 0.3) is 11.3 Å². The SMILES string of the molecule is CO.COc1cc(C(=O)N2CCCC2)cc(OC)c1S(=O)(=O)Nc1noc2c1CC1(CC1)c1ccc(N3CCC3)cc1-2.[HH]. The Bertz CT molecular complexity index is 1600. The summed E-state index contributed by atoms with van der Waals surface area (Å²) in [5.74, 6) is 0.646. The summed E-state index contributed by atoms with van der Waals surface area (Å²) >= 11 is 0. The third-order valence-corrected chi connectivity index (χ3v) is 10.2. The number of hydrogen-bond acceptors (Lipinski definition) is 9. The Hall–Kier alpha value is -3.77. The predicted molar refractivity (Wildman–Crippen MR) is 159 cm³/mol. The van der Waals surface area contributed by atoms with Crippen LogP contribution in [-0.4, -0.2) is 77.0 Å². The number of sulfonamides is 1. The smallest absolute Gasteiger partial charge is 0.270 e. The van der Waals surface area contributed by atoms with Gasteiger partial charge in [-0.1, -0.05) is 11.2 Å². The van der Waals surface area contributed by atoms with Crippen LogP contribution < -0.4 is 19.1 Å². The highest BCUT2D eigenvalue weighted by molar-refractivity contribution is 7.93. The van der Waals surface area contributed by atoms with E-state index in [2.05, 4.69) is 33.0 Å². The molecule has 42 heavy (non-hydrogen) atoms. The van der Waals surface area contributed by atoms with Gasteiger partial charge in [-0.25, -0.2) is 8.42 Å². The molecule has 0 bridgehead atoms. The number of carbonyl (C=O) groups is 1. The molecular formula is C30H38N4O7S. The van der Waals surface area contributed by atoms with Crippen LogP contribution >= 0.6 is 0 Å². The summed E-state index contributed by atoms with van der Waals surface area (Å²) in [6.07, 6.45) is 5.80. The van der Waals surface area contributed by atoms with Crippen molar-refractivity contribution >= 4 is 27.4 Å². The molecule has 2 aliphatic carbocycles. The highest BCUT2D eigenvalue weighted by Gasteiger charge is 2.51. The Balaban J connectivity index is 0.00000120. The number of benzene rings is 2. The van der Waals surface area contributed by atoms with E-state index in [-0.39, 0.29) is 35.0 Å². The maximum Gasteiger partial charge on any atom is 0.270 e. The van der Waals surface area contributed by atoms with Gasteiger partial charge >= 0.3 is 0 Å². The lowest BCUT2D eigenvalue weighted by molar-refractivity contribution is 0.0792. The Morgan fingerprint density at radius 2 is 1.69 bits per heavy atom. The number of fused-ring (bicyclic) bond motifs is 4. The zero-order valence-corrected chi connectivity index (χ0v) is 24.9. The molecule has 12 heteroatoms. The van der Waals surface area contributed by atoms with Crippen LogP contribution in [0.4, 0.5) is 11.5 Å². The molecule has 3 heterocycles. The van der Waals surface area contributed by atoms with Crippen LogP contribution in [0, 0.1) is 0 Å². The van der Waals surface area contributed by atoms with Crippen molar-refractivity contribution in [1.29, 1.82) is 0 Å². The fraction of sp³-hybridized carbons (Fsp3) is 0.467. The second-order valence-electron chi connectivity index (χ2n) is 11.2. The highest BCUT2D eigenvalue weighted by atomic mass is 32.2. The van der Waals surface area contributed by atoms with E-state index in [0.717, 1.165) is 62.7 Å². The molecule has 2 aromatic carbocycles. The number of anilines is 2. The minimum absolute atomic E-state index is 0. The standard InChI is InChI=1S/C29H32N4O6S.CH4O.H2/c1-37-23-14-18(28(34)33-10-3-4-11-33)15-24(38-2)26(23)40(35,36)31-27-21-17-29(8-9-29)22-7-6-19(32-12-5-13-32)16-20(22)25(21)39-30-27;1-2;/h6-7,14-16H,3-5,8-13,17H2,1-2H3,(H,30,31);2H,1H3;1H. The summed E-state index contributed by atoms with van der Waals surface area (Å²) in [5, 5.41) is 11.2. The third-order valence-electron chi connectivity index (χ3n) is 8.80. The first-order chi connectivity index (χ1) is 20.3. The van der Waals surface area contributed by atoms with Gasteiger partial charge in [0, 0.05) is 62.5 Å². The minimum atomic E-state index is -4.23. The maximum absolute atomic E-state index is 13.8. The van der Waals surface area contributed by atoms with Gasteiger partial charge in [-0.15, -0.1) is 0 Å². The molecule has 11 nitrogen and oxygen atoms in total. The fourth-order valence-electron chi connectivity index (χ4n) is 6.30. The molecule has 2 saturated heterocycles. The Morgan fingerprint density at radius 3 is 2.26 bits per heavy atom. The summed E-state index contributed by atoms with van der Waals surface area (Å²) in [6, 6.07) is 9.45. The molecule has 0 atom stereocenters. The minimum Gasteiger partial charge on any atom is -0.495 e. The molecule has 7 rings (SSSR count). The van der Waals surface area contributed by atoms with E-state index in [0.29, 0.717) is 30.8 Å². The van der Waals surface area contributed by atoms with Crippen LogP contribution in [0.3, 0.4) is 0 Å². The third kappa shape index (κ3) is 4.66. The van der Waals surface area contributed by atoms with Crippen LogP contribution in [0.5, 0.6) is 11.5 Å². The van der Waals surface area contributed by atoms with E-state index in [1.165, 1.54) is 38.3 Å². The lowest BCUT2D eigenvalue weighted by Gasteiger charge is -2.34. The monoisotopic (exact) mass is 598 g/mol. The van der Waals surface area contributed by atoms with Gasteiger partial charge in [-0.2, -0.15) is 0 Å². The van der Waals surface area contributed by atoms with Gasteiger partial charge in [-0.05, 0) is 68.4 Å². The molecule has 1 saturated carbocycles. The molecule has 3 fully saturated rings. The molecule has 1 amide bonds. The van der Waals surface area contributed by atoms with Crippen LogP contribution in [0.1, 0.15) is 55.0 Å². The number of hydrogen-bond donors (Lipinski definition) is 2. The quantitative estimate of drug-likeness (QED) is 0.413. The topological polar surface area (TPSA) is 134 Å². The van der Waals surface area contributed by atoms with Gasteiger partial charge in [0.2, 0.25) is 0 Å². The summed E-state index contributed by atoms with van der Waals surface area (Å²) < 4.78 is 47.1.